The molecule has 0 aliphatic heterocycles. The molecule has 2 rings (SSSR count). The maximum Gasteiger partial charge on any atom is 0.0961 e. The maximum absolute atomic E-state index is 6.18. The van der Waals surface area contributed by atoms with Gasteiger partial charge in [-0.3, -0.25) is 0 Å². The summed E-state index contributed by atoms with van der Waals surface area (Å²) in [6.07, 6.45) is 0. The normalized spacial score (nSPS) is 12.8. The van der Waals surface area contributed by atoms with Crippen LogP contribution in [0.1, 0.15) is 22.0 Å². The fourth-order valence-corrected chi connectivity index (χ4v) is 3.21. The van der Waals surface area contributed by atoms with Crippen molar-refractivity contribution in [1.29, 1.82) is 0 Å². The number of hydrogen-bond acceptors (Lipinski definition) is 2. The fourth-order valence-electron chi connectivity index (χ4n) is 1.55. The molecule has 2 aromatic rings. The predicted octanol–water partition coefficient (Wildman–Crippen LogP) is 5.06. The third-order valence-electron chi connectivity index (χ3n) is 2.50. The summed E-state index contributed by atoms with van der Waals surface area (Å²) in [5.41, 5.74) is 8.02. The summed E-state index contributed by atoms with van der Waals surface area (Å²) in [4.78, 5) is 0.983. The van der Waals surface area contributed by atoms with Gasteiger partial charge in [-0.1, -0.05) is 46.9 Å². The van der Waals surface area contributed by atoms with E-state index in [1.807, 2.05) is 25.1 Å². The van der Waals surface area contributed by atoms with Crippen molar-refractivity contribution >= 4 is 46.1 Å². The van der Waals surface area contributed by atoms with Gasteiger partial charge in [-0.25, -0.2) is 0 Å². The Labute approximate surface area is 119 Å². The van der Waals surface area contributed by atoms with E-state index in [4.69, 9.17) is 40.5 Å². The Morgan fingerprint density at radius 2 is 1.94 bits per heavy atom. The Kier molecular flexibility index (Phi) is 4.01. The number of rotatable bonds is 2. The zero-order valence-corrected chi connectivity index (χ0v) is 12.1. The molecule has 2 N–H and O–H groups in total. The molecular weight excluding hydrogens is 297 g/mol. The van der Waals surface area contributed by atoms with Crippen LogP contribution in [0.5, 0.6) is 0 Å². The molecule has 5 heteroatoms. The molecule has 1 nitrogen and oxygen atoms in total. The average molecular weight is 307 g/mol. The van der Waals surface area contributed by atoms with Crippen molar-refractivity contribution in [3.05, 3.63) is 54.7 Å². The molecule has 0 aliphatic carbocycles. The van der Waals surface area contributed by atoms with E-state index in [2.05, 4.69) is 0 Å². The van der Waals surface area contributed by atoms with Gasteiger partial charge in [0.15, 0.2) is 0 Å². The van der Waals surface area contributed by atoms with Gasteiger partial charge in [0.1, 0.15) is 0 Å². The number of thiophene rings is 1. The maximum atomic E-state index is 6.18. The molecule has 1 aromatic heterocycles. The second-order valence-electron chi connectivity index (χ2n) is 3.73. The van der Waals surface area contributed by atoms with Crippen molar-refractivity contribution in [3.8, 4) is 0 Å². The molecule has 90 valence electrons. The monoisotopic (exact) mass is 305 g/mol. The SMILES string of the molecule is Cc1cc(C(N)c2cccc(Cl)c2Cl)sc1Cl. The molecule has 0 amide bonds. The summed E-state index contributed by atoms with van der Waals surface area (Å²) in [5, 5.41) is 1.02. The van der Waals surface area contributed by atoms with E-state index in [0.717, 1.165) is 20.3 Å². The summed E-state index contributed by atoms with van der Waals surface area (Å²) >= 11 is 19.6. The number of aryl methyl sites for hydroxylation is 1. The van der Waals surface area contributed by atoms with E-state index in [0.29, 0.717) is 10.0 Å². The molecule has 1 aromatic carbocycles. The molecule has 0 fully saturated rings. The topological polar surface area (TPSA) is 26.0 Å². The fraction of sp³-hybridized carbons (Fsp3) is 0.167. The largest absolute Gasteiger partial charge is 0.320 e. The molecule has 0 bridgehead atoms. The first-order chi connectivity index (χ1) is 8.00. The number of halogens is 3. The smallest absolute Gasteiger partial charge is 0.0961 e. The van der Waals surface area contributed by atoms with Crippen LogP contribution in [0.3, 0.4) is 0 Å². The molecule has 1 atom stereocenters. The van der Waals surface area contributed by atoms with Gasteiger partial charge in [-0.05, 0) is 30.2 Å². The van der Waals surface area contributed by atoms with Gasteiger partial charge in [0.2, 0.25) is 0 Å². The van der Waals surface area contributed by atoms with Gasteiger partial charge in [0.05, 0.1) is 20.4 Å². The molecular formula is C12H10Cl3NS. The van der Waals surface area contributed by atoms with Crippen LogP contribution in [-0.2, 0) is 0 Å². The van der Waals surface area contributed by atoms with E-state index < -0.39 is 0 Å². The first-order valence-electron chi connectivity index (χ1n) is 4.96. The number of hydrogen-bond donors (Lipinski definition) is 1. The highest BCUT2D eigenvalue weighted by Crippen LogP contribution is 2.36. The summed E-state index contributed by atoms with van der Waals surface area (Å²) < 4.78 is 0.758. The molecule has 0 aliphatic rings. The summed E-state index contributed by atoms with van der Waals surface area (Å²) in [6.45, 7) is 1.95. The second kappa shape index (κ2) is 5.17. The first kappa shape index (κ1) is 13.2. The number of benzene rings is 1. The van der Waals surface area contributed by atoms with Crippen molar-refractivity contribution in [2.24, 2.45) is 5.73 Å². The molecule has 17 heavy (non-hydrogen) atoms. The van der Waals surface area contributed by atoms with Gasteiger partial charge in [0.25, 0.3) is 0 Å². The molecule has 1 heterocycles. The van der Waals surface area contributed by atoms with E-state index in [1.165, 1.54) is 11.3 Å². The third-order valence-corrected chi connectivity index (χ3v) is 4.97. The van der Waals surface area contributed by atoms with Crippen molar-refractivity contribution in [1.82, 2.24) is 0 Å². The second-order valence-corrected chi connectivity index (χ2v) is 6.20. The van der Waals surface area contributed by atoms with Crippen molar-refractivity contribution in [3.63, 3.8) is 0 Å². The summed E-state index contributed by atoms with van der Waals surface area (Å²) in [6, 6.07) is 7.15. The van der Waals surface area contributed by atoms with Crippen LogP contribution in [0.25, 0.3) is 0 Å². The van der Waals surface area contributed by atoms with E-state index >= 15 is 0 Å². The van der Waals surface area contributed by atoms with E-state index in [1.54, 1.807) is 6.07 Å². The Morgan fingerprint density at radius 3 is 2.53 bits per heavy atom. The molecule has 0 saturated heterocycles. The molecule has 1 unspecified atom stereocenters. The van der Waals surface area contributed by atoms with Gasteiger partial charge < -0.3 is 5.73 Å². The highest BCUT2D eigenvalue weighted by Gasteiger charge is 2.17. The number of nitrogens with two attached hydrogens (primary N) is 1. The predicted molar refractivity (Wildman–Crippen MR) is 76.6 cm³/mol. The highest BCUT2D eigenvalue weighted by atomic mass is 35.5. The Bertz CT molecular complexity index is 531. The highest BCUT2D eigenvalue weighted by molar-refractivity contribution is 7.16. The quantitative estimate of drug-likeness (QED) is 0.824. The van der Waals surface area contributed by atoms with Crippen molar-refractivity contribution < 1.29 is 0 Å². The zero-order valence-electron chi connectivity index (χ0n) is 9.01. The Morgan fingerprint density at radius 1 is 1.24 bits per heavy atom. The van der Waals surface area contributed by atoms with Crippen LogP contribution >= 0.6 is 46.1 Å². The van der Waals surface area contributed by atoms with Gasteiger partial charge in [-0.2, -0.15) is 0 Å². The van der Waals surface area contributed by atoms with Crippen LogP contribution in [-0.4, -0.2) is 0 Å². The first-order valence-corrected chi connectivity index (χ1v) is 6.91. The van der Waals surface area contributed by atoms with Crippen molar-refractivity contribution in [2.75, 3.05) is 0 Å². The Hall–Kier alpha value is -0.250. The standard InChI is InChI=1S/C12H10Cl3NS/c1-6-5-9(17-12(6)15)11(16)7-3-2-4-8(13)10(7)14/h2-5,11H,16H2,1H3. The summed E-state index contributed by atoms with van der Waals surface area (Å²) in [7, 11) is 0. The van der Waals surface area contributed by atoms with Crippen molar-refractivity contribution in [2.45, 2.75) is 13.0 Å². The lowest BCUT2D eigenvalue weighted by atomic mass is 10.1. The zero-order chi connectivity index (χ0) is 12.6. The molecule has 0 radical (unpaired) electrons. The molecule has 0 spiro atoms. The Balaban J connectivity index is 2.43. The summed E-state index contributed by atoms with van der Waals surface area (Å²) in [5.74, 6) is 0. The van der Waals surface area contributed by atoms with Gasteiger partial charge >= 0.3 is 0 Å². The van der Waals surface area contributed by atoms with Gasteiger partial charge in [0, 0.05) is 4.88 Å². The third kappa shape index (κ3) is 2.61. The minimum atomic E-state index is -0.294. The van der Waals surface area contributed by atoms with Crippen LogP contribution in [0, 0.1) is 6.92 Å². The van der Waals surface area contributed by atoms with Crippen LogP contribution in [0.15, 0.2) is 24.3 Å². The minimum Gasteiger partial charge on any atom is -0.320 e. The lowest BCUT2D eigenvalue weighted by Gasteiger charge is -2.12. The van der Waals surface area contributed by atoms with Gasteiger partial charge in [-0.15, -0.1) is 11.3 Å². The van der Waals surface area contributed by atoms with Crippen LogP contribution in [0.2, 0.25) is 14.4 Å². The lowest BCUT2D eigenvalue weighted by molar-refractivity contribution is 0.893. The average Bonchev–Trinajstić information content (AvgIpc) is 2.62. The minimum absolute atomic E-state index is 0.294. The van der Waals surface area contributed by atoms with E-state index in [-0.39, 0.29) is 6.04 Å². The van der Waals surface area contributed by atoms with Crippen LogP contribution in [0.4, 0.5) is 0 Å². The van der Waals surface area contributed by atoms with E-state index in [9.17, 15) is 0 Å². The van der Waals surface area contributed by atoms with Crippen LogP contribution < -0.4 is 5.73 Å². The molecule has 0 saturated carbocycles. The lowest BCUT2D eigenvalue weighted by Crippen LogP contribution is -2.10.